The fourth-order valence-corrected chi connectivity index (χ4v) is 2.10. The van der Waals surface area contributed by atoms with Crippen LogP contribution < -0.4 is 10.9 Å². The minimum absolute atomic E-state index is 0.0376. The Hall–Kier alpha value is -1.36. The molecule has 17 heavy (non-hydrogen) atoms. The molecule has 0 aliphatic rings. The second kappa shape index (κ2) is 5.31. The molecule has 0 aliphatic heterocycles. The summed E-state index contributed by atoms with van der Waals surface area (Å²) in [6, 6.07) is 3.72. The van der Waals surface area contributed by atoms with Gasteiger partial charge in [-0.2, -0.15) is 0 Å². The van der Waals surface area contributed by atoms with Crippen molar-refractivity contribution >= 4 is 23.2 Å². The highest BCUT2D eigenvalue weighted by Crippen LogP contribution is 2.29. The fourth-order valence-electron chi connectivity index (χ4n) is 1.14. The van der Waals surface area contributed by atoms with Gasteiger partial charge in [-0.1, -0.05) is 27.7 Å². The first-order valence-electron chi connectivity index (χ1n) is 5.54. The van der Waals surface area contributed by atoms with E-state index in [1.165, 1.54) is 11.3 Å². The van der Waals surface area contributed by atoms with Crippen molar-refractivity contribution in [1.82, 2.24) is 10.9 Å². The second-order valence-corrected chi connectivity index (χ2v) is 5.85. The van der Waals surface area contributed by atoms with Gasteiger partial charge in [0, 0.05) is 11.3 Å². The van der Waals surface area contributed by atoms with Gasteiger partial charge in [0.1, 0.15) is 0 Å². The number of rotatable bonds is 2. The van der Waals surface area contributed by atoms with Crippen LogP contribution in [0.25, 0.3) is 0 Å². The molecule has 0 saturated carbocycles. The van der Waals surface area contributed by atoms with Crippen molar-refractivity contribution in [3.8, 4) is 0 Å². The van der Waals surface area contributed by atoms with E-state index in [2.05, 4.69) is 31.6 Å². The molecule has 0 atom stereocenters. The molecule has 2 amide bonds. The number of carbonyl (C=O) groups excluding carboxylic acids is 2. The predicted molar refractivity (Wildman–Crippen MR) is 68.9 cm³/mol. The SMILES string of the molecule is CCC(=O)NNC(=O)c1ccc(C(C)(C)C)s1. The van der Waals surface area contributed by atoms with Crippen LogP contribution in [0.15, 0.2) is 12.1 Å². The molecule has 5 heteroatoms. The van der Waals surface area contributed by atoms with Gasteiger partial charge in [0.15, 0.2) is 0 Å². The first kappa shape index (κ1) is 13.7. The number of thiophene rings is 1. The number of amides is 2. The zero-order valence-electron chi connectivity index (χ0n) is 10.6. The molecule has 4 nitrogen and oxygen atoms in total. The predicted octanol–water partition coefficient (Wildman–Crippen LogP) is 2.22. The van der Waals surface area contributed by atoms with E-state index in [4.69, 9.17) is 0 Å². The van der Waals surface area contributed by atoms with Gasteiger partial charge in [-0.15, -0.1) is 11.3 Å². The van der Waals surface area contributed by atoms with Crippen LogP contribution >= 0.6 is 11.3 Å². The standard InChI is InChI=1S/C12H18N2O2S/c1-5-10(15)13-14-11(16)8-6-7-9(17-8)12(2,3)4/h6-7H,5H2,1-4H3,(H,13,15)(H,14,16). The smallest absolute Gasteiger partial charge is 0.273 e. The average molecular weight is 254 g/mol. The van der Waals surface area contributed by atoms with Crippen molar-refractivity contribution in [2.24, 2.45) is 0 Å². The Morgan fingerprint density at radius 3 is 2.35 bits per heavy atom. The number of nitrogens with one attached hydrogen (secondary N) is 2. The Bertz CT molecular complexity index is 418. The molecule has 0 saturated heterocycles. The minimum Gasteiger partial charge on any atom is -0.273 e. The van der Waals surface area contributed by atoms with Crippen LogP contribution in [-0.4, -0.2) is 11.8 Å². The molecule has 0 aliphatic carbocycles. The minimum atomic E-state index is -0.271. The third-order valence-corrected chi connectivity index (χ3v) is 3.72. The quantitative estimate of drug-likeness (QED) is 0.795. The summed E-state index contributed by atoms with van der Waals surface area (Å²) in [6.07, 6.45) is 0.345. The Morgan fingerprint density at radius 1 is 1.24 bits per heavy atom. The Balaban J connectivity index is 2.65. The maximum absolute atomic E-state index is 11.7. The summed E-state index contributed by atoms with van der Waals surface area (Å²) in [5.41, 5.74) is 4.77. The summed E-state index contributed by atoms with van der Waals surface area (Å²) >= 11 is 1.44. The summed E-state index contributed by atoms with van der Waals surface area (Å²) in [5.74, 6) is -0.474. The lowest BCUT2D eigenvalue weighted by Crippen LogP contribution is -2.40. The van der Waals surface area contributed by atoms with Crippen LogP contribution in [0.5, 0.6) is 0 Å². The van der Waals surface area contributed by atoms with Crippen LogP contribution in [0.3, 0.4) is 0 Å². The summed E-state index contributed by atoms with van der Waals surface area (Å²) < 4.78 is 0. The van der Waals surface area contributed by atoms with E-state index in [-0.39, 0.29) is 17.2 Å². The van der Waals surface area contributed by atoms with Gasteiger partial charge in [-0.25, -0.2) is 0 Å². The molecule has 0 unspecified atom stereocenters. The lowest BCUT2D eigenvalue weighted by Gasteiger charge is -2.15. The van der Waals surface area contributed by atoms with Crippen molar-refractivity contribution in [2.45, 2.75) is 39.5 Å². The van der Waals surface area contributed by atoms with E-state index in [0.717, 1.165) is 4.88 Å². The average Bonchev–Trinajstić information content (AvgIpc) is 2.74. The van der Waals surface area contributed by atoms with Gasteiger partial charge in [0.25, 0.3) is 5.91 Å². The summed E-state index contributed by atoms with van der Waals surface area (Å²) in [7, 11) is 0. The lowest BCUT2D eigenvalue weighted by atomic mass is 9.95. The maximum atomic E-state index is 11.7. The lowest BCUT2D eigenvalue weighted by molar-refractivity contribution is -0.121. The molecule has 1 aromatic heterocycles. The van der Waals surface area contributed by atoms with E-state index in [9.17, 15) is 9.59 Å². The molecular formula is C12H18N2O2S. The molecule has 1 rings (SSSR count). The number of hydrogen-bond donors (Lipinski definition) is 2. The van der Waals surface area contributed by atoms with Crippen LogP contribution in [-0.2, 0) is 10.2 Å². The molecule has 0 bridgehead atoms. The van der Waals surface area contributed by atoms with Gasteiger partial charge >= 0.3 is 0 Å². The van der Waals surface area contributed by atoms with Gasteiger partial charge < -0.3 is 0 Å². The van der Waals surface area contributed by atoms with E-state index in [1.54, 1.807) is 13.0 Å². The van der Waals surface area contributed by atoms with Crippen LogP contribution in [0, 0.1) is 0 Å². The maximum Gasteiger partial charge on any atom is 0.279 e. The highest BCUT2D eigenvalue weighted by Gasteiger charge is 2.18. The van der Waals surface area contributed by atoms with Crippen molar-refractivity contribution in [3.63, 3.8) is 0 Å². The van der Waals surface area contributed by atoms with Crippen molar-refractivity contribution in [1.29, 1.82) is 0 Å². The first-order valence-corrected chi connectivity index (χ1v) is 6.35. The van der Waals surface area contributed by atoms with Crippen LogP contribution in [0.4, 0.5) is 0 Å². The zero-order chi connectivity index (χ0) is 13.1. The summed E-state index contributed by atoms with van der Waals surface area (Å²) in [5, 5.41) is 0. The third kappa shape index (κ3) is 3.85. The van der Waals surface area contributed by atoms with E-state index >= 15 is 0 Å². The summed E-state index contributed by atoms with van der Waals surface area (Å²) in [4.78, 5) is 24.4. The van der Waals surface area contributed by atoms with Crippen molar-refractivity contribution < 1.29 is 9.59 Å². The van der Waals surface area contributed by atoms with Gasteiger partial charge in [0.2, 0.25) is 5.91 Å². The second-order valence-electron chi connectivity index (χ2n) is 4.77. The molecule has 0 aromatic carbocycles. The molecule has 0 fully saturated rings. The van der Waals surface area contributed by atoms with Crippen LogP contribution in [0.1, 0.15) is 48.7 Å². The number of hydrazine groups is 1. The number of carbonyl (C=O) groups is 2. The van der Waals surface area contributed by atoms with Crippen LogP contribution in [0.2, 0.25) is 0 Å². The molecule has 94 valence electrons. The fraction of sp³-hybridized carbons (Fsp3) is 0.500. The number of hydrogen-bond acceptors (Lipinski definition) is 3. The zero-order valence-corrected chi connectivity index (χ0v) is 11.4. The Labute approximate surface area is 105 Å². The van der Waals surface area contributed by atoms with E-state index in [1.807, 2.05) is 6.07 Å². The van der Waals surface area contributed by atoms with Gasteiger partial charge in [0.05, 0.1) is 4.88 Å². The highest BCUT2D eigenvalue weighted by atomic mass is 32.1. The molecule has 0 radical (unpaired) electrons. The Morgan fingerprint density at radius 2 is 1.88 bits per heavy atom. The molecule has 1 heterocycles. The van der Waals surface area contributed by atoms with E-state index in [0.29, 0.717) is 11.3 Å². The highest BCUT2D eigenvalue weighted by molar-refractivity contribution is 7.14. The van der Waals surface area contributed by atoms with Crippen molar-refractivity contribution in [3.05, 3.63) is 21.9 Å². The van der Waals surface area contributed by atoms with Crippen molar-refractivity contribution in [2.75, 3.05) is 0 Å². The normalized spacial score (nSPS) is 11.1. The molecule has 1 aromatic rings. The largest absolute Gasteiger partial charge is 0.279 e. The summed E-state index contributed by atoms with van der Waals surface area (Å²) in [6.45, 7) is 8.02. The van der Waals surface area contributed by atoms with Gasteiger partial charge in [-0.3, -0.25) is 20.4 Å². The monoisotopic (exact) mass is 254 g/mol. The third-order valence-electron chi connectivity index (χ3n) is 2.21. The molecule has 2 N–H and O–H groups in total. The first-order chi connectivity index (χ1) is 7.84. The molecular weight excluding hydrogens is 236 g/mol. The van der Waals surface area contributed by atoms with Gasteiger partial charge in [-0.05, 0) is 17.5 Å². The Kier molecular flexibility index (Phi) is 4.28. The van der Waals surface area contributed by atoms with E-state index < -0.39 is 0 Å². The topological polar surface area (TPSA) is 58.2 Å². The molecule has 0 spiro atoms.